The minimum absolute atomic E-state index is 0.190. The molecule has 0 spiro atoms. The van der Waals surface area contributed by atoms with Crippen LogP contribution >= 0.6 is 11.6 Å². The number of carbonyl (C=O) groups excluding carboxylic acids is 2. The van der Waals surface area contributed by atoms with Crippen LogP contribution in [0.15, 0.2) is 48.5 Å². The fourth-order valence-corrected chi connectivity index (χ4v) is 2.19. The lowest BCUT2D eigenvalue weighted by Crippen LogP contribution is -2.07. The SMILES string of the molecule is CC(C)c1ccc(C(=O)c2ccccc2C(=O)Cl)cc1. The molecule has 2 aromatic rings. The molecule has 0 aromatic heterocycles. The molecule has 2 rings (SSSR count). The minimum Gasteiger partial charge on any atom is -0.289 e. The van der Waals surface area contributed by atoms with Gasteiger partial charge in [0, 0.05) is 16.7 Å². The number of hydrogen-bond acceptors (Lipinski definition) is 2. The van der Waals surface area contributed by atoms with Crippen molar-refractivity contribution in [3.8, 4) is 0 Å². The molecular formula is C17H15ClO2. The van der Waals surface area contributed by atoms with E-state index >= 15 is 0 Å². The lowest BCUT2D eigenvalue weighted by molar-refractivity contribution is 0.102. The summed E-state index contributed by atoms with van der Waals surface area (Å²) >= 11 is 5.52. The molecule has 2 nitrogen and oxygen atoms in total. The van der Waals surface area contributed by atoms with Gasteiger partial charge < -0.3 is 0 Å². The quantitative estimate of drug-likeness (QED) is 0.616. The molecule has 0 atom stereocenters. The number of hydrogen-bond donors (Lipinski definition) is 0. The van der Waals surface area contributed by atoms with Crippen LogP contribution in [-0.4, -0.2) is 11.0 Å². The Labute approximate surface area is 123 Å². The van der Waals surface area contributed by atoms with Crippen molar-refractivity contribution in [3.63, 3.8) is 0 Å². The van der Waals surface area contributed by atoms with Gasteiger partial charge in [-0.3, -0.25) is 9.59 Å². The van der Waals surface area contributed by atoms with Crippen molar-refractivity contribution in [1.82, 2.24) is 0 Å². The highest BCUT2D eigenvalue weighted by Gasteiger charge is 2.16. The molecule has 0 aliphatic carbocycles. The van der Waals surface area contributed by atoms with Crippen LogP contribution in [0.25, 0.3) is 0 Å². The second kappa shape index (κ2) is 6.02. The maximum absolute atomic E-state index is 12.4. The van der Waals surface area contributed by atoms with Gasteiger partial charge in [-0.2, -0.15) is 0 Å². The van der Waals surface area contributed by atoms with E-state index in [0.717, 1.165) is 0 Å². The summed E-state index contributed by atoms with van der Waals surface area (Å²) in [5.74, 6) is 0.223. The third-order valence-corrected chi connectivity index (χ3v) is 3.43. The first-order valence-corrected chi connectivity index (χ1v) is 6.82. The molecular weight excluding hydrogens is 272 g/mol. The second-order valence-corrected chi connectivity index (χ2v) is 5.27. The largest absolute Gasteiger partial charge is 0.289 e. The van der Waals surface area contributed by atoms with Gasteiger partial charge >= 0.3 is 0 Å². The zero-order valence-corrected chi connectivity index (χ0v) is 12.1. The van der Waals surface area contributed by atoms with Gasteiger partial charge in [-0.1, -0.05) is 56.3 Å². The Hall–Kier alpha value is -1.93. The molecule has 0 saturated heterocycles. The maximum Gasteiger partial charge on any atom is 0.253 e. The average molecular weight is 287 g/mol. The highest BCUT2D eigenvalue weighted by atomic mass is 35.5. The van der Waals surface area contributed by atoms with E-state index < -0.39 is 5.24 Å². The lowest BCUT2D eigenvalue weighted by atomic mass is 9.96. The first-order chi connectivity index (χ1) is 9.50. The topological polar surface area (TPSA) is 34.1 Å². The van der Waals surface area contributed by atoms with Crippen LogP contribution in [0.4, 0.5) is 0 Å². The first kappa shape index (κ1) is 14.5. The van der Waals surface area contributed by atoms with Gasteiger partial charge in [0.1, 0.15) is 0 Å². The van der Waals surface area contributed by atoms with Crippen LogP contribution < -0.4 is 0 Å². The van der Waals surface area contributed by atoms with E-state index in [9.17, 15) is 9.59 Å². The Bertz CT molecular complexity index is 642. The Morgan fingerprint density at radius 1 is 0.900 bits per heavy atom. The second-order valence-electron chi connectivity index (χ2n) is 4.93. The third kappa shape index (κ3) is 2.97. The predicted molar refractivity (Wildman–Crippen MR) is 80.6 cm³/mol. The lowest BCUT2D eigenvalue weighted by Gasteiger charge is -2.08. The van der Waals surface area contributed by atoms with E-state index in [1.807, 2.05) is 12.1 Å². The normalized spacial score (nSPS) is 10.6. The van der Waals surface area contributed by atoms with Crippen molar-refractivity contribution in [2.45, 2.75) is 19.8 Å². The molecule has 0 fully saturated rings. The van der Waals surface area contributed by atoms with Gasteiger partial charge in [0.05, 0.1) is 0 Å². The summed E-state index contributed by atoms with van der Waals surface area (Å²) in [5.41, 5.74) is 2.31. The number of halogens is 1. The highest BCUT2D eigenvalue weighted by Crippen LogP contribution is 2.19. The van der Waals surface area contributed by atoms with Gasteiger partial charge in [-0.25, -0.2) is 0 Å². The van der Waals surface area contributed by atoms with Crippen molar-refractivity contribution in [1.29, 1.82) is 0 Å². The van der Waals surface area contributed by atoms with Gasteiger partial charge in [-0.05, 0) is 29.1 Å². The van der Waals surface area contributed by atoms with Gasteiger partial charge in [0.25, 0.3) is 5.24 Å². The van der Waals surface area contributed by atoms with Crippen molar-refractivity contribution in [2.24, 2.45) is 0 Å². The van der Waals surface area contributed by atoms with Crippen LogP contribution in [0, 0.1) is 0 Å². The summed E-state index contributed by atoms with van der Waals surface area (Å²) < 4.78 is 0. The number of rotatable bonds is 4. The summed E-state index contributed by atoms with van der Waals surface area (Å²) in [6.45, 7) is 4.19. The van der Waals surface area contributed by atoms with Crippen molar-refractivity contribution in [3.05, 3.63) is 70.8 Å². The minimum atomic E-state index is -0.618. The van der Waals surface area contributed by atoms with Crippen LogP contribution in [0.5, 0.6) is 0 Å². The van der Waals surface area contributed by atoms with E-state index in [2.05, 4.69) is 13.8 Å². The summed E-state index contributed by atoms with van der Waals surface area (Å²) in [7, 11) is 0. The summed E-state index contributed by atoms with van der Waals surface area (Å²) in [6, 6.07) is 14.0. The van der Waals surface area contributed by atoms with Crippen LogP contribution in [0.2, 0.25) is 0 Å². The molecule has 0 unspecified atom stereocenters. The predicted octanol–water partition coefficient (Wildman–Crippen LogP) is 4.42. The fraction of sp³-hybridized carbons (Fsp3) is 0.176. The van der Waals surface area contributed by atoms with Crippen molar-refractivity contribution >= 4 is 22.6 Å². The maximum atomic E-state index is 12.4. The summed E-state index contributed by atoms with van der Waals surface area (Å²) in [6.07, 6.45) is 0. The molecule has 102 valence electrons. The zero-order chi connectivity index (χ0) is 14.7. The summed E-state index contributed by atoms with van der Waals surface area (Å²) in [5, 5.41) is -0.618. The van der Waals surface area contributed by atoms with E-state index in [0.29, 0.717) is 17.0 Å². The molecule has 0 heterocycles. The molecule has 0 amide bonds. The molecule has 0 N–H and O–H groups in total. The zero-order valence-electron chi connectivity index (χ0n) is 11.4. The molecule has 0 aliphatic rings. The molecule has 0 radical (unpaired) electrons. The van der Waals surface area contributed by atoms with Crippen molar-refractivity contribution < 1.29 is 9.59 Å². The van der Waals surface area contributed by atoms with Crippen molar-refractivity contribution in [2.75, 3.05) is 0 Å². The number of benzene rings is 2. The molecule has 0 saturated carbocycles. The van der Waals surface area contributed by atoms with Gasteiger partial charge in [0.2, 0.25) is 0 Å². The van der Waals surface area contributed by atoms with E-state index in [1.54, 1.807) is 36.4 Å². The number of ketones is 1. The molecule has 0 aliphatic heterocycles. The van der Waals surface area contributed by atoms with Crippen LogP contribution in [-0.2, 0) is 0 Å². The van der Waals surface area contributed by atoms with E-state index in [4.69, 9.17) is 11.6 Å². The van der Waals surface area contributed by atoms with E-state index in [-0.39, 0.29) is 11.3 Å². The summed E-state index contributed by atoms with van der Waals surface area (Å²) in [4.78, 5) is 23.8. The van der Waals surface area contributed by atoms with Crippen LogP contribution in [0.3, 0.4) is 0 Å². The highest BCUT2D eigenvalue weighted by molar-refractivity contribution is 6.68. The molecule has 20 heavy (non-hydrogen) atoms. The Kier molecular flexibility index (Phi) is 4.35. The van der Waals surface area contributed by atoms with Gasteiger partial charge in [-0.15, -0.1) is 0 Å². The fourth-order valence-electron chi connectivity index (χ4n) is 2.03. The average Bonchev–Trinajstić information content (AvgIpc) is 2.46. The smallest absolute Gasteiger partial charge is 0.253 e. The number of carbonyl (C=O) groups is 2. The first-order valence-electron chi connectivity index (χ1n) is 6.44. The monoisotopic (exact) mass is 286 g/mol. The molecule has 0 bridgehead atoms. The third-order valence-electron chi connectivity index (χ3n) is 3.22. The van der Waals surface area contributed by atoms with Gasteiger partial charge in [0.15, 0.2) is 5.78 Å². The standard InChI is InChI=1S/C17H15ClO2/c1-11(2)12-7-9-13(10-8-12)16(19)14-5-3-4-6-15(14)17(18)20/h3-11H,1-2H3. The van der Waals surface area contributed by atoms with Crippen LogP contribution in [0.1, 0.15) is 51.6 Å². The van der Waals surface area contributed by atoms with E-state index in [1.165, 1.54) is 5.56 Å². The Morgan fingerprint density at radius 3 is 1.95 bits per heavy atom. The molecule has 2 aromatic carbocycles. The Balaban J connectivity index is 2.39. The molecule has 3 heteroatoms. The Morgan fingerprint density at radius 2 is 1.45 bits per heavy atom.